The summed E-state index contributed by atoms with van der Waals surface area (Å²) >= 11 is 1.48. The molecule has 2 rings (SSSR count). The molecule has 0 N–H and O–H groups in total. The fourth-order valence-corrected chi connectivity index (χ4v) is 1.76. The van der Waals surface area contributed by atoms with E-state index >= 15 is 0 Å². The molecule has 0 amide bonds. The van der Waals surface area contributed by atoms with Crippen LogP contribution >= 0.6 is 11.8 Å². The molecule has 0 aliphatic rings. The number of aromatic nitrogens is 1. The molecule has 0 aliphatic heterocycles. The third-order valence-corrected chi connectivity index (χ3v) is 2.70. The minimum atomic E-state index is -0.562. The first kappa shape index (κ1) is 11.4. The summed E-state index contributed by atoms with van der Waals surface area (Å²) in [6.07, 6.45) is 5.08. The fraction of sp³-hybridized carbons (Fsp3) is 0. The highest BCUT2D eigenvalue weighted by Crippen LogP contribution is 2.21. The van der Waals surface area contributed by atoms with E-state index in [1.807, 2.05) is 12.1 Å². The second kappa shape index (κ2) is 5.31. The molecule has 6 heteroatoms. The highest BCUT2D eigenvalue weighted by atomic mass is 32.2. The summed E-state index contributed by atoms with van der Waals surface area (Å²) in [5.41, 5.74) is 0. The van der Waals surface area contributed by atoms with Crippen molar-refractivity contribution >= 4 is 23.7 Å². The van der Waals surface area contributed by atoms with Crippen LogP contribution in [0.5, 0.6) is 0 Å². The van der Waals surface area contributed by atoms with Crippen LogP contribution in [0.15, 0.2) is 51.4 Å². The quantitative estimate of drug-likeness (QED) is 0.471. The topological polar surface area (TPSA) is 69.2 Å². The molecule has 0 radical (unpaired) electrons. The Bertz CT molecular complexity index is 537. The van der Waals surface area contributed by atoms with Gasteiger partial charge < -0.3 is 4.42 Å². The van der Waals surface area contributed by atoms with Crippen molar-refractivity contribution in [3.05, 3.63) is 57.9 Å². The van der Waals surface area contributed by atoms with Crippen LogP contribution in [0, 0.1) is 10.1 Å². The van der Waals surface area contributed by atoms with E-state index < -0.39 is 4.92 Å². The summed E-state index contributed by atoms with van der Waals surface area (Å²) in [7, 11) is 0. The molecule has 0 aromatic carbocycles. The smallest absolute Gasteiger partial charge is 0.401 e. The van der Waals surface area contributed by atoms with Crippen molar-refractivity contribution in [2.24, 2.45) is 0 Å². The third-order valence-electron chi connectivity index (χ3n) is 1.88. The van der Waals surface area contributed by atoms with E-state index in [1.165, 1.54) is 17.8 Å². The maximum absolute atomic E-state index is 10.4. The standard InChI is InChI=1S/C11H8N2O3S/c14-13(15)11-2-1-9(16-11)5-8-17-10-3-6-12-7-4-10/h1-8H/b8-5+. The zero-order valence-electron chi connectivity index (χ0n) is 8.65. The van der Waals surface area contributed by atoms with Gasteiger partial charge in [0.1, 0.15) is 10.7 Å². The molecule has 0 fully saturated rings. The summed E-state index contributed by atoms with van der Waals surface area (Å²) in [6, 6.07) is 6.64. The Hall–Kier alpha value is -2.08. The van der Waals surface area contributed by atoms with Gasteiger partial charge in [-0.3, -0.25) is 15.1 Å². The number of nitro groups is 1. The van der Waals surface area contributed by atoms with Gasteiger partial charge in [0.15, 0.2) is 0 Å². The van der Waals surface area contributed by atoms with Gasteiger partial charge in [-0.15, -0.1) is 0 Å². The van der Waals surface area contributed by atoms with Crippen LogP contribution in [0.25, 0.3) is 6.08 Å². The fourth-order valence-electron chi connectivity index (χ4n) is 1.13. The van der Waals surface area contributed by atoms with Gasteiger partial charge in [0, 0.05) is 17.3 Å². The van der Waals surface area contributed by atoms with Crippen molar-refractivity contribution in [2.45, 2.75) is 4.90 Å². The van der Waals surface area contributed by atoms with E-state index in [1.54, 1.807) is 29.9 Å². The maximum Gasteiger partial charge on any atom is 0.433 e. The van der Waals surface area contributed by atoms with Gasteiger partial charge in [-0.2, -0.15) is 0 Å². The van der Waals surface area contributed by atoms with Crippen LogP contribution in [-0.2, 0) is 0 Å². The van der Waals surface area contributed by atoms with Crippen molar-refractivity contribution in [3.63, 3.8) is 0 Å². The number of thioether (sulfide) groups is 1. The summed E-state index contributed by atoms with van der Waals surface area (Å²) in [5, 5.41) is 12.2. The van der Waals surface area contributed by atoms with Gasteiger partial charge in [-0.05, 0) is 29.7 Å². The molecule has 2 heterocycles. The number of pyridine rings is 1. The molecular formula is C11H8N2O3S. The zero-order valence-corrected chi connectivity index (χ0v) is 9.46. The Kier molecular flexibility index (Phi) is 3.56. The molecule has 0 aliphatic carbocycles. The molecule has 0 saturated heterocycles. The maximum atomic E-state index is 10.4. The van der Waals surface area contributed by atoms with Crippen LogP contribution in [0.1, 0.15) is 5.76 Å². The van der Waals surface area contributed by atoms with Crippen LogP contribution in [-0.4, -0.2) is 9.91 Å². The van der Waals surface area contributed by atoms with Crippen molar-refractivity contribution in [3.8, 4) is 0 Å². The van der Waals surface area contributed by atoms with Crippen LogP contribution in [0.3, 0.4) is 0 Å². The monoisotopic (exact) mass is 248 g/mol. The van der Waals surface area contributed by atoms with Gasteiger partial charge in [0.05, 0.1) is 6.07 Å². The van der Waals surface area contributed by atoms with E-state index in [0.29, 0.717) is 5.76 Å². The molecule has 2 aromatic rings. The summed E-state index contributed by atoms with van der Waals surface area (Å²) in [5.74, 6) is 0.205. The van der Waals surface area contributed by atoms with Crippen LogP contribution in [0.4, 0.5) is 5.88 Å². The van der Waals surface area contributed by atoms with E-state index in [2.05, 4.69) is 4.98 Å². The Morgan fingerprint density at radius 3 is 2.71 bits per heavy atom. The summed E-state index contributed by atoms with van der Waals surface area (Å²) in [4.78, 5) is 14.8. The lowest BCUT2D eigenvalue weighted by atomic mass is 10.4. The average Bonchev–Trinajstić information content (AvgIpc) is 2.79. The predicted octanol–water partition coefficient (Wildman–Crippen LogP) is 3.35. The lowest BCUT2D eigenvalue weighted by molar-refractivity contribution is -0.402. The normalized spacial score (nSPS) is 10.8. The van der Waals surface area contributed by atoms with Crippen molar-refractivity contribution < 1.29 is 9.34 Å². The van der Waals surface area contributed by atoms with Gasteiger partial charge in [0.25, 0.3) is 0 Å². The number of hydrogen-bond donors (Lipinski definition) is 0. The molecule has 17 heavy (non-hydrogen) atoms. The first-order valence-electron chi connectivity index (χ1n) is 4.73. The molecule has 5 nitrogen and oxygen atoms in total. The third kappa shape index (κ3) is 3.18. The number of furan rings is 1. The van der Waals surface area contributed by atoms with Gasteiger partial charge in [-0.1, -0.05) is 11.8 Å². The van der Waals surface area contributed by atoms with Crippen LogP contribution in [0.2, 0.25) is 0 Å². The molecule has 0 spiro atoms. The molecule has 0 bridgehead atoms. The van der Waals surface area contributed by atoms with E-state index in [-0.39, 0.29) is 5.88 Å². The molecule has 0 saturated carbocycles. The van der Waals surface area contributed by atoms with Gasteiger partial charge >= 0.3 is 5.88 Å². The second-order valence-electron chi connectivity index (χ2n) is 3.04. The number of nitrogens with zero attached hydrogens (tertiary/aromatic N) is 2. The first-order valence-corrected chi connectivity index (χ1v) is 5.61. The molecule has 86 valence electrons. The lowest BCUT2D eigenvalue weighted by Gasteiger charge is -1.92. The van der Waals surface area contributed by atoms with Crippen LogP contribution < -0.4 is 0 Å². The summed E-state index contributed by atoms with van der Waals surface area (Å²) < 4.78 is 4.97. The van der Waals surface area contributed by atoms with E-state index in [9.17, 15) is 10.1 Å². The highest BCUT2D eigenvalue weighted by Gasteiger charge is 2.09. The molecule has 0 unspecified atom stereocenters. The van der Waals surface area contributed by atoms with Crippen molar-refractivity contribution in [1.29, 1.82) is 0 Å². The van der Waals surface area contributed by atoms with Crippen molar-refractivity contribution in [2.75, 3.05) is 0 Å². The average molecular weight is 248 g/mol. The SMILES string of the molecule is O=[N+]([O-])c1ccc(/C=C/Sc2ccncc2)o1. The Morgan fingerprint density at radius 2 is 2.06 bits per heavy atom. The molecule has 2 aromatic heterocycles. The minimum Gasteiger partial charge on any atom is -0.401 e. The Morgan fingerprint density at radius 1 is 1.29 bits per heavy atom. The van der Waals surface area contributed by atoms with Gasteiger partial charge in [0.2, 0.25) is 0 Å². The summed E-state index contributed by atoms with van der Waals surface area (Å²) in [6.45, 7) is 0. The minimum absolute atomic E-state index is 0.251. The number of rotatable bonds is 4. The zero-order chi connectivity index (χ0) is 12.1. The molecule has 0 atom stereocenters. The largest absolute Gasteiger partial charge is 0.433 e. The first-order chi connectivity index (χ1) is 8.25. The van der Waals surface area contributed by atoms with Gasteiger partial charge in [-0.25, -0.2) is 0 Å². The Labute approximate surface area is 101 Å². The lowest BCUT2D eigenvalue weighted by Crippen LogP contribution is -1.82. The second-order valence-corrected chi connectivity index (χ2v) is 4.02. The van der Waals surface area contributed by atoms with E-state index in [0.717, 1.165) is 4.90 Å². The van der Waals surface area contributed by atoms with E-state index in [4.69, 9.17) is 4.42 Å². The van der Waals surface area contributed by atoms with Crippen molar-refractivity contribution in [1.82, 2.24) is 4.98 Å². The predicted molar refractivity (Wildman–Crippen MR) is 64.5 cm³/mol. The Balaban J connectivity index is 1.98. The molecular weight excluding hydrogens is 240 g/mol. The highest BCUT2D eigenvalue weighted by molar-refractivity contribution is 8.02. The number of hydrogen-bond acceptors (Lipinski definition) is 5.